The van der Waals surface area contributed by atoms with Gasteiger partial charge in [0.2, 0.25) is 0 Å². The summed E-state index contributed by atoms with van der Waals surface area (Å²) >= 11 is 17.5. The van der Waals surface area contributed by atoms with Crippen LogP contribution in [0.25, 0.3) is 0 Å². The Morgan fingerprint density at radius 3 is 2.20 bits per heavy atom. The van der Waals surface area contributed by atoms with Crippen molar-refractivity contribution in [2.75, 3.05) is 43.5 Å². The minimum Gasteiger partial charge on any atom is -0.494 e. The van der Waals surface area contributed by atoms with Crippen LogP contribution in [0.15, 0.2) is 66.7 Å². The van der Waals surface area contributed by atoms with Gasteiger partial charge in [0.15, 0.2) is 10.9 Å². The Morgan fingerprint density at radius 2 is 1.60 bits per heavy atom. The molecule has 1 aliphatic rings. The smallest absolute Gasteiger partial charge is 0.257 e. The molecule has 1 aliphatic heterocycles. The molecule has 0 radical (unpaired) electrons. The van der Waals surface area contributed by atoms with E-state index in [-0.39, 0.29) is 20.7 Å². The zero-order valence-corrected chi connectivity index (χ0v) is 21.6. The highest BCUT2D eigenvalue weighted by atomic mass is 35.5. The lowest BCUT2D eigenvalue weighted by molar-refractivity contribution is 0.0977. The molecule has 0 aliphatic carbocycles. The number of hydrogen-bond acceptors (Lipinski definition) is 5. The van der Waals surface area contributed by atoms with E-state index < -0.39 is 5.91 Å². The number of thiocarbonyl (C=S) groups is 1. The van der Waals surface area contributed by atoms with Crippen LogP contribution in [-0.4, -0.2) is 49.2 Å². The van der Waals surface area contributed by atoms with Crippen LogP contribution < -0.4 is 20.3 Å². The Labute approximate surface area is 220 Å². The number of ether oxygens (including phenoxy) is 1. The van der Waals surface area contributed by atoms with Crippen molar-refractivity contribution in [1.29, 1.82) is 0 Å². The van der Waals surface area contributed by atoms with Gasteiger partial charge in [-0.3, -0.25) is 15.0 Å². The third-order valence-electron chi connectivity index (χ3n) is 5.80. The average molecular weight is 529 g/mol. The maximum absolute atomic E-state index is 12.5. The first-order valence-corrected chi connectivity index (χ1v) is 12.4. The SMILES string of the molecule is COc1c(Cl)cc(C(=O)NC(=S)Nc2ccc(N3CCN(Cc4ccccc4)CC3)cc2)cc1Cl. The number of carbonyl (C=O) groups is 1. The topological polar surface area (TPSA) is 56.8 Å². The summed E-state index contributed by atoms with van der Waals surface area (Å²) < 4.78 is 5.11. The molecule has 0 atom stereocenters. The fourth-order valence-corrected chi connectivity index (χ4v) is 4.84. The maximum Gasteiger partial charge on any atom is 0.257 e. The second kappa shape index (κ2) is 11.7. The monoisotopic (exact) mass is 528 g/mol. The summed E-state index contributed by atoms with van der Waals surface area (Å²) in [6.45, 7) is 4.96. The van der Waals surface area contributed by atoms with Crippen LogP contribution in [0.1, 0.15) is 15.9 Å². The number of amides is 1. The number of piperazine rings is 1. The molecule has 1 amide bonds. The number of benzene rings is 3. The van der Waals surface area contributed by atoms with E-state index in [0.29, 0.717) is 5.75 Å². The van der Waals surface area contributed by atoms with Crippen molar-refractivity contribution in [2.24, 2.45) is 0 Å². The number of rotatable bonds is 6. The minimum atomic E-state index is -0.418. The van der Waals surface area contributed by atoms with E-state index in [1.54, 1.807) is 0 Å². The molecule has 0 bridgehead atoms. The zero-order chi connectivity index (χ0) is 24.8. The van der Waals surface area contributed by atoms with Gasteiger partial charge in [0.1, 0.15) is 0 Å². The van der Waals surface area contributed by atoms with E-state index in [2.05, 4.69) is 56.8 Å². The van der Waals surface area contributed by atoms with Crippen molar-refractivity contribution in [3.63, 3.8) is 0 Å². The molecule has 0 unspecified atom stereocenters. The Hall–Kier alpha value is -2.84. The fraction of sp³-hybridized carbons (Fsp3) is 0.231. The highest BCUT2D eigenvalue weighted by Gasteiger charge is 2.18. The van der Waals surface area contributed by atoms with Crippen molar-refractivity contribution in [2.45, 2.75) is 6.54 Å². The second-order valence-electron chi connectivity index (χ2n) is 8.18. The van der Waals surface area contributed by atoms with E-state index in [1.165, 1.54) is 24.8 Å². The standard InChI is InChI=1S/C26H26Cl2N4O2S/c1-34-24-22(27)15-19(16-23(24)28)25(33)30-26(35)29-20-7-9-21(10-8-20)32-13-11-31(12-14-32)17-18-5-3-2-4-6-18/h2-10,15-16H,11-14,17H2,1H3,(H2,29,30,33,35). The van der Waals surface area contributed by atoms with Gasteiger partial charge in [-0.15, -0.1) is 0 Å². The first-order chi connectivity index (χ1) is 16.9. The Kier molecular flexibility index (Phi) is 8.46. The summed E-state index contributed by atoms with van der Waals surface area (Å²) in [7, 11) is 1.46. The lowest BCUT2D eigenvalue weighted by Gasteiger charge is -2.36. The first-order valence-electron chi connectivity index (χ1n) is 11.2. The van der Waals surface area contributed by atoms with E-state index in [9.17, 15) is 4.79 Å². The summed E-state index contributed by atoms with van der Waals surface area (Å²) in [5.41, 5.74) is 3.57. The van der Waals surface area contributed by atoms with Crippen molar-refractivity contribution >= 4 is 57.8 Å². The minimum absolute atomic E-state index is 0.181. The third kappa shape index (κ3) is 6.64. The van der Waals surface area contributed by atoms with Crippen LogP contribution >= 0.6 is 35.4 Å². The normalized spacial score (nSPS) is 13.9. The molecule has 1 saturated heterocycles. The van der Waals surface area contributed by atoms with Crippen molar-refractivity contribution in [1.82, 2.24) is 10.2 Å². The van der Waals surface area contributed by atoms with Gasteiger partial charge in [0.25, 0.3) is 5.91 Å². The zero-order valence-electron chi connectivity index (χ0n) is 19.3. The highest BCUT2D eigenvalue weighted by molar-refractivity contribution is 7.80. The van der Waals surface area contributed by atoms with Gasteiger partial charge >= 0.3 is 0 Å². The predicted molar refractivity (Wildman–Crippen MR) is 147 cm³/mol. The van der Waals surface area contributed by atoms with Crippen LogP contribution in [0.3, 0.4) is 0 Å². The Bertz CT molecular complexity index is 1160. The van der Waals surface area contributed by atoms with Gasteiger partial charge in [-0.2, -0.15) is 0 Å². The van der Waals surface area contributed by atoms with Crippen LogP contribution in [0.2, 0.25) is 10.0 Å². The molecule has 0 aromatic heterocycles. The number of anilines is 2. The summed E-state index contributed by atoms with van der Waals surface area (Å²) in [5.74, 6) is -0.0952. The predicted octanol–water partition coefficient (Wildman–Crippen LogP) is 5.45. The maximum atomic E-state index is 12.5. The number of methoxy groups -OCH3 is 1. The average Bonchev–Trinajstić information content (AvgIpc) is 2.85. The van der Waals surface area contributed by atoms with E-state index in [1.807, 2.05) is 18.2 Å². The summed E-state index contributed by atoms with van der Waals surface area (Å²) in [6, 6.07) is 21.6. The van der Waals surface area contributed by atoms with Crippen molar-refractivity contribution in [3.8, 4) is 5.75 Å². The number of nitrogens with zero attached hydrogens (tertiary/aromatic N) is 2. The summed E-state index contributed by atoms with van der Waals surface area (Å²) in [6.07, 6.45) is 0. The van der Waals surface area contributed by atoms with E-state index in [0.717, 1.165) is 44.1 Å². The molecular formula is C26H26Cl2N4O2S. The fourth-order valence-electron chi connectivity index (χ4n) is 3.98. The lowest BCUT2D eigenvalue weighted by Crippen LogP contribution is -2.45. The van der Waals surface area contributed by atoms with Crippen LogP contribution in [0.5, 0.6) is 5.75 Å². The van der Waals surface area contributed by atoms with E-state index >= 15 is 0 Å². The molecule has 6 nitrogen and oxygen atoms in total. The first kappa shape index (κ1) is 25.3. The van der Waals surface area contributed by atoms with Crippen molar-refractivity contribution in [3.05, 3.63) is 87.9 Å². The van der Waals surface area contributed by atoms with Gasteiger partial charge in [0, 0.05) is 49.7 Å². The van der Waals surface area contributed by atoms with Gasteiger partial charge in [0.05, 0.1) is 17.2 Å². The van der Waals surface area contributed by atoms with Crippen molar-refractivity contribution < 1.29 is 9.53 Å². The number of nitrogens with one attached hydrogen (secondary N) is 2. The quantitative estimate of drug-likeness (QED) is 0.415. The number of hydrogen-bond donors (Lipinski definition) is 2. The third-order valence-corrected chi connectivity index (χ3v) is 6.57. The summed E-state index contributed by atoms with van der Waals surface area (Å²) in [5, 5.41) is 6.37. The van der Waals surface area contributed by atoms with Gasteiger partial charge in [-0.25, -0.2) is 0 Å². The molecule has 0 saturated carbocycles. The molecule has 1 heterocycles. The Balaban J connectivity index is 1.27. The van der Waals surface area contributed by atoms with Gasteiger partial charge in [-0.05, 0) is 54.2 Å². The van der Waals surface area contributed by atoms with Gasteiger partial charge < -0.3 is 15.0 Å². The second-order valence-corrected chi connectivity index (χ2v) is 9.40. The highest BCUT2D eigenvalue weighted by Crippen LogP contribution is 2.33. The molecular weight excluding hydrogens is 503 g/mol. The molecule has 2 N–H and O–H groups in total. The molecule has 4 rings (SSSR count). The molecule has 3 aromatic carbocycles. The molecule has 1 fully saturated rings. The summed E-state index contributed by atoms with van der Waals surface area (Å²) in [4.78, 5) is 17.4. The molecule has 9 heteroatoms. The van der Waals surface area contributed by atoms with Crippen LogP contribution in [0.4, 0.5) is 11.4 Å². The Morgan fingerprint density at radius 1 is 0.971 bits per heavy atom. The molecule has 182 valence electrons. The lowest BCUT2D eigenvalue weighted by atomic mass is 10.2. The molecule has 3 aromatic rings. The largest absolute Gasteiger partial charge is 0.494 e. The van der Waals surface area contributed by atoms with Crippen LogP contribution in [0, 0.1) is 0 Å². The number of halogens is 2. The van der Waals surface area contributed by atoms with Crippen LogP contribution in [-0.2, 0) is 6.54 Å². The van der Waals surface area contributed by atoms with Gasteiger partial charge in [-0.1, -0.05) is 53.5 Å². The number of carbonyl (C=O) groups excluding carboxylic acids is 1. The van der Waals surface area contributed by atoms with E-state index in [4.69, 9.17) is 40.2 Å². The molecule has 35 heavy (non-hydrogen) atoms. The molecule has 0 spiro atoms.